The minimum absolute atomic E-state index is 0.0363. The maximum atomic E-state index is 14.7. The number of nitrogens with zero attached hydrogens (tertiary/aromatic N) is 2. The summed E-state index contributed by atoms with van der Waals surface area (Å²) < 4.78 is 59.4. The Balaban J connectivity index is 2.35. The van der Waals surface area contributed by atoms with E-state index >= 15 is 0 Å². The van der Waals surface area contributed by atoms with Gasteiger partial charge in [0.1, 0.15) is 17.8 Å². The summed E-state index contributed by atoms with van der Waals surface area (Å²) in [7, 11) is 1.41. The zero-order valence-electron chi connectivity index (χ0n) is 44.9. The molecular weight excluding hydrogens is 885 g/mol. The first-order valence-electron chi connectivity index (χ1n) is 24.5. The molecule has 0 aromatic rings. The van der Waals surface area contributed by atoms with Crippen molar-refractivity contribution in [1.29, 1.82) is 0 Å². The Labute approximate surface area is 400 Å². The highest BCUT2D eigenvalue weighted by Crippen LogP contribution is 2.42. The molecule has 0 spiro atoms. The van der Waals surface area contributed by atoms with E-state index in [1.807, 2.05) is 55.6 Å². The van der Waals surface area contributed by atoms with Gasteiger partial charge in [-0.05, 0) is 121 Å². The average Bonchev–Trinajstić information content (AvgIpc) is 3.17. The molecule has 3 rings (SSSR count). The number of oxime groups is 1. The van der Waals surface area contributed by atoms with Gasteiger partial charge in [-0.1, -0.05) is 32.9 Å². The number of methoxy groups -OCH3 is 1. The predicted molar refractivity (Wildman–Crippen MR) is 260 cm³/mol. The van der Waals surface area contributed by atoms with Crippen molar-refractivity contribution in [3.05, 3.63) is 0 Å². The van der Waals surface area contributed by atoms with Crippen molar-refractivity contribution >= 4 is 28.3 Å². The summed E-state index contributed by atoms with van der Waals surface area (Å²) in [6, 6.07) is -0.0787. The topological polar surface area (TPSA) is 186 Å². The molecule has 3 N–H and O–H groups in total. The number of ether oxygens (including phenoxy) is 7. The molecule has 0 aromatic heterocycles. The monoisotopic (exact) mass is 979 g/mol. The van der Waals surface area contributed by atoms with Crippen LogP contribution in [0.3, 0.4) is 0 Å². The van der Waals surface area contributed by atoms with Gasteiger partial charge in [-0.25, -0.2) is 0 Å². The summed E-state index contributed by atoms with van der Waals surface area (Å²) in [5.41, 5.74) is -4.12. The number of cyclic esters (lactones) is 1. The van der Waals surface area contributed by atoms with Crippen LogP contribution in [0.5, 0.6) is 0 Å². The van der Waals surface area contributed by atoms with Crippen molar-refractivity contribution in [2.75, 3.05) is 27.8 Å². The Bertz CT molecular complexity index is 1570. The molecule has 0 bridgehead atoms. The zero-order chi connectivity index (χ0) is 50.7. The molecule has 18 heteroatoms. The summed E-state index contributed by atoms with van der Waals surface area (Å²) in [5.74, 6) is -5.01. The van der Waals surface area contributed by atoms with Crippen molar-refractivity contribution in [2.24, 2.45) is 28.8 Å². The van der Waals surface area contributed by atoms with Crippen LogP contribution in [0.1, 0.15) is 116 Å². The van der Waals surface area contributed by atoms with E-state index in [0.717, 1.165) is 0 Å². The van der Waals surface area contributed by atoms with Crippen LogP contribution >= 0.6 is 0 Å². The molecular formula is C48H94N2O14Si2. The number of aliphatic hydroxyl groups excluding tert-OH is 1. The highest BCUT2D eigenvalue weighted by molar-refractivity contribution is 6.70. The predicted octanol–water partition coefficient (Wildman–Crippen LogP) is 7.08. The van der Waals surface area contributed by atoms with E-state index in [-0.39, 0.29) is 31.4 Å². The maximum Gasteiger partial charge on any atom is 0.311 e. The highest BCUT2D eigenvalue weighted by atomic mass is 28.4. The fourth-order valence-corrected chi connectivity index (χ4v) is 12.5. The average molecular weight is 979 g/mol. The standard InChI is InChI=1S/C48H94N2O14Si2/c1-23-35-48(13,54)40(51)30(5)37(49-64-45(9,10)56-24-2)28(3)26-46(11,53)41(61-44-39(62-65(17,18)19)34(50(14)15)25-29(4)57-44)31(6)38(32(7)43(52)59-35)60-36-27-47(12,55-16)42(33(8)58-36)63-66(20,21)22/h28-36,38-42,44,51,53-54H,23-27H2,1-22H3/b49-37+/t28-,29?,30+,31+,32-,33?,34?,35-,36?,38+,39?,40-,41-,42?,44?,46-,47?,48-/m1/s1. The fraction of sp³-hybridized carbons (Fsp3) is 0.958. The second kappa shape index (κ2) is 23.0. The molecule has 66 heavy (non-hydrogen) atoms. The van der Waals surface area contributed by atoms with Crippen molar-refractivity contribution in [3.63, 3.8) is 0 Å². The van der Waals surface area contributed by atoms with Gasteiger partial charge in [0.05, 0.1) is 59.5 Å². The van der Waals surface area contributed by atoms with Gasteiger partial charge in [-0.15, -0.1) is 0 Å². The van der Waals surface area contributed by atoms with Crippen molar-refractivity contribution < 1.29 is 67.0 Å². The lowest BCUT2D eigenvalue weighted by molar-refractivity contribution is -0.315. The SMILES string of the molecule is CCOC(C)(C)O/N=C1\[C@H](C)C[C@@](C)(O)[C@H](OC2OC(C)CC(N(C)C)C2O[Si](C)(C)C)[C@@H](C)[C@H](OC2CC(C)(OC)C(O[Si](C)(C)C)C(C)O2)[C@@H](C)C(=O)O[C@H](CC)[C@@](C)(O)[C@H](O)[C@H]1C. The molecule has 0 aromatic carbocycles. The molecule has 0 aliphatic carbocycles. The molecule has 16 nitrogen and oxygen atoms in total. The van der Waals surface area contributed by atoms with Gasteiger partial charge in [-0.3, -0.25) is 4.79 Å². The van der Waals surface area contributed by atoms with Crippen LogP contribution in [0, 0.1) is 23.7 Å². The number of esters is 1. The van der Waals surface area contributed by atoms with Crippen LogP contribution in [0.25, 0.3) is 0 Å². The van der Waals surface area contributed by atoms with E-state index in [4.69, 9.17) is 46.8 Å². The third kappa shape index (κ3) is 15.2. The maximum absolute atomic E-state index is 14.7. The van der Waals surface area contributed by atoms with Crippen LogP contribution in [-0.2, 0) is 51.6 Å². The summed E-state index contributed by atoms with van der Waals surface area (Å²) in [5, 5.41) is 42.2. The van der Waals surface area contributed by atoms with Gasteiger partial charge in [0.2, 0.25) is 5.79 Å². The van der Waals surface area contributed by atoms with E-state index in [0.29, 0.717) is 18.7 Å². The van der Waals surface area contributed by atoms with Crippen LogP contribution in [0.4, 0.5) is 0 Å². The van der Waals surface area contributed by atoms with Crippen molar-refractivity contribution in [1.82, 2.24) is 4.90 Å². The number of aliphatic hydroxyl groups is 3. The third-order valence-corrected chi connectivity index (χ3v) is 15.6. The quantitative estimate of drug-likeness (QED) is 0.0654. The van der Waals surface area contributed by atoms with E-state index in [9.17, 15) is 20.1 Å². The second-order valence-corrected chi connectivity index (χ2v) is 31.8. The molecule has 0 radical (unpaired) electrons. The summed E-state index contributed by atoms with van der Waals surface area (Å²) >= 11 is 0. The second-order valence-electron chi connectivity index (χ2n) is 22.9. The third-order valence-electron chi connectivity index (χ3n) is 13.6. The number of hydrogen-bond donors (Lipinski definition) is 3. The molecule has 3 aliphatic heterocycles. The highest BCUT2D eigenvalue weighted by Gasteiger charge is 2.55. The van der Waals surface area contributed by atoms with Gasteiger partial charge in [-0.2, -0.15) is 0 Å². The summed E-state index contributed by atoms with van der Waals surface area (Å²) in [6.45, 7) is 36.5. The Morgan fingerprint density at radius 3 is 1.95 bits per heavy atom. The lowest BCUT2D eigenvalue weighted by atomic mass is 9.73. The Kier molecular flexibility index (Phi) is 20.6. The zero-order valence-corrected chi connectivity index (χ0v) is 46.9. The normalized spacial score (nSPS) is 42.5. The Morgan fingerprint density at radius 2 is 1.44 bits per heavy atom. The molecule has 388 valence electrons. The van der Waals surface area contributed by atoms with Gasteiger partial charge in [0.15, 0.2) is 29.2 Å². The molecule has 3 fully saturated rings. The van der Waals surface area contributed by atoms with Gasteiger partial charge < -0.3 is 67.1 Å². The lowest BCUT2D eigenvalue weighted by Gasteiger charge is -2.51. The molecule has 18 atom stereocenters. The van der Waals surface area contributed by atoms with Crippen molar-refractivity contribution in [3.8, 4) is 0 Å². The van der Waals surface area contributed by atoms with E-state index in [1.54, 1.807) is 48.7 Å². The van der Waals surface area contributed by atoms with Crippen LogP contribution < -0.4 is 0 Å². The molecule has 3 heterocycles. The van der Waals surface area contributed by atoms with Crippen LogP contribution in [0.2, 0.25) is 39.3 Å². The van der Waals surface area contributed by atoms with Crippen molar-refractivity contribution in [2.45, 2.75) is 245 Å². The summed E-state index contributed by atoms with van der Waals surface area (Å²) in [4.78, 5) is 22.9. The number of rotatable bonds is 15. The number of likely N-dealkylation sites (N-methyl/N-ethyl adjacent to an activating group) is 1. The molecule has 0 amide bonds. The largest absolute Gasteiger partial charge is 0.459 e. The fourth-order valence-electron chi connectivity index (χ4n) is 10.2. The van der Waals surface area contributed by atoms with E-state index < -0.39 is 124 Å². The molecule has 3 aliphatic rings. The van der Waals surface area contributed by atoms with Gasteiger partial charge in [0, 0.05) is 57.8 Å². The van der Waals surface area contributed by atoms with Crippen LogP contribution in [-0.4, -0.2) is 166 Å². The number of carbonyl (C=O) groups is 1. The smallest absolute Gasteiger partial charge is 0.311 e. The van der Waals surface area contributed by atoms with Gasteiger partial charge >= 0.3 is 5.97 Å². The number of carbonyl (C=O) groups excluding carboxylic acids is 1. The molecule has 3 saturated heterocycles. The molecule has 8 unspecified atom stereocenters. The Morgan fingerprint density at radius 1 is 0.848 bits per heavy atom. The summed E-state index contributed by atoms with van der Waals surface area (Å²) in [6.07, 6.45) is -6.97. The minimum atomic E-state index is -2.22. The number of hydrogen-bond acceptors (Lipinski definition) is 16. The lowest BCUT2D eigenvalue weighted by Crippen LogP contribution is -2.62. The van der Waals surface area contributed by atoms with E-state index in [1.165, 1.54) is 6.92 Å². The van der Waals surface area contributed by atoms with E-state index in [2.05, 4.69) is 49.3 Å². The molecule has 0 saturated carbocycles. The van der Waals surface area contributed by atoms with Crippen LogP contribution in [0.15, 0.2) is 5.16 Å². The van der Waals surface area contributed by atoms with Gasteiger partial charge in [0.25, 0.3) is 0 Å². The first kappa shape index (κ1) is 59.2. The Hall–Kier alpha value is -1.11. The first-order valence-corrected chi connectivity index (χ1v) is 31.3. The first-order chi connectivity index (χ1) is 30.0. The minimum Gasteiger partial charge on any atom is -0.459 e.